The lowest BCUT2D eigenvalue weighted by molar-refractivity contribution is -0.0224. The average Bonchev–Trinajstić information content (AvgIpc) is 2.15. The molecule has 2 N–H and O–H groups in total. The summed E-state index contributed by atoms with van der Waals surface area (Å²) in [5.74, 6) is 0.762. The number of aryl methyl sites for hydroxylation is 1. The number of hydrogen-bond acceptors (Lipinski definition) is 3. The van der Waals surface area contributed by atoms with Crippen LogP contribution in [0.4, 0.5) is 5.82 Å². The monoisotopic (exact) mass is 153 g/mol. The number of nitrogen functional groups attached to an aromatic ring is 1. The van der Waals surface area contributed by atoms with Crippen molar-refractivity contribution in [3.05, 3.63) is 12.0 Å². The molecule has 4 heteroatoms. The first-order chi connectivity index (χ1) is 5.29. The van der Waals surface area contributed by atoms with Crippen LogP contribution in [0.3, 0.4) is 0 Å². The van der Waals surface area contributed by atoms with E-state index in [1.165, 1.54) is 0 Å². The first kappa shape index (κ1) is 6.67. The van der Waals surface area contributed by atoms with Crippen molar-refractivity contribution < 1.29 is 4.74 Å². The molecule has 0 aliphatic carbocycles. The number of anilines is 1. The van der Waals surface area contributed by atoms with Gasteiger partial charge in [0, 0.05) is 0 Å². The van der Waals surface area contributed by atoms with Gasteiger partial charge in [-0.05, 0) is 6.92 Å². The third-order valence-corrected chi connectivity index (χ3v) is 2.04. The summed E-state index contributed by atoms with van der Waals surface area (Å²) in [5, 5.41) is 0. The summed E-state index contributed by atoms with van der Waals surface area (Å²) in [5.41, 5.74) is 6.66. The summed E-state index contributed by atoms with van der Waals surface area (Å²) in [6.07, 6.45) is 1.78. The zero-order valence-electron chi connectivity index (χ0n) is 6.45. The van der Waals surface area contributed by atoms with E-state index < -0.39 is 0 Å². The minimum atomic E-state index is 0.413. The van der Waals surface area contributed by atoms with Gasteiger partial charge in [-0.15, -0.1) is 0 Å². The number of aromatic nitrogens is 2. The largest absolute Gasteiger partial charge is 0.384 e. The van der Waals surface area contributed by atoms with Gasteiger partial charge in [0.15, 0.2) is 0 Å². The Hall–Kier alpha value is -1.03. The van der Waals surface area contributed by atoms with Gasteiger partial charge in [0.2, 0.25) is 0 Å². The van der Waals surface area contributed by atoms with Crippen LogP contribution >= 0.6 is 0 Å². The van der Waals surface area contributed by atoms with E-state index in [9.17, 15) is 0 Å². The molecular weight excluding hydrogens is 142 g/mol. The minimum Gasteiger partial charge on any atom is -0.384 e. The summed E-state index contributed by atoms with van der Waals surface area (Å²) >= 11 is 0. The van der Waals surface area contributed by atoms with E-state index in [0.717, 1.165) is 24.7 Å². The van der Waals surface area contributed by atoms with E-state index in [2.05, 4.69) is 4.98 Å². The lowest BCUT2D eigenvalue weighted by atomic mass is 10.2. The fourth-order valence-corrected chi connectivity index (χ4v) is 1.14. The Morgan fingerprint density at radius 3 is 2.82 bits per heavy atom. The number of nitrogens with two attached hydrogens (primary N) is 1. The second-order valence-corrected chi connectivity index (χ2v) is 2.81. The molecule has 2 heterocycles. The first-order valence-corrected chi connectivity index (χ1v) is 3.65. The van der Waals surface area contributed by atoms with Crippen molar-refractivity contribution in [3.63, 3.8) is 0 Å². The molecule has 0 bridgehead atoms. The molecule has 0 aromatic carbocycles. The zero-order chi connectivity index (χ0) is 7.84. The molecule has 0 atom stereocenters. The highest BCUT2D eigenvalue weighted by molar-refractivity contribution is 5.35. The summed E-state index contributed by atoms with van der Waals surface area (Å²) in [7, 11) is 0. The maximum Gasteiger partial charge on any atom is 0.126 e. The topological polar surface area (TPSA) is 53.1 Å². The Morgan fingerprint density at radius 1 is 1.73 bits per heavy atom. The fraction of sp³-hybridized carbons (Fsp3) is 0.571. The number of imidazole rings is 1. The average molecular weight is 153 g/mol. The van der Waals surface area contributed by atoms with Crippen molar-refractivity contribution in [3.8, 4) is 0 Å². The predicted octanol–water partition coefficient (Wildman–Crippen LogP) is 0.345. The van der Waals surface area contributed by atoms with Crippen LogP contribution < -0.4 is 5.73 Å². The van der Waals surface area contributed by atoms with Gasteiger partial charge in [0.05, 0.1) is 31.3 Å². The van der Waals surface area contributed by atoms with Crippen LogP contribution in [0.25, 0.3) is 0 Å². The lowest BCUT2D eigenvalue weighted by Gasteiger charge is -2.27. The van der Waals surface area contributed by atoms with Crippen LogP contribution in [0, 0.1) is 6.92 Å². The molecule has 1 aliphatic heterocycles. The quantitative estimate of drug-likeness (QED) is 0.633. The van der Waals surface area contributed by atoms with Crippen molar-refractivity contribution in [1.29, 1.82) is 0 Å². The molecule has 1 fully saturated rings. The van der Waals surface area contributed by atoms with Gasteiger partial charge in [-0.2, -0.15) is 0 Å². The predicted molar refractivity (Wildman–Crippen MR) is 41.2 cm³/mol. The maximum absolute atomic E-state index is 5.76. The second kappa shape index (κ2) is 2.23. The molecule has 0 saturated carbocycles. The Bertz CT molecular complexity index is 265. The molecule has 1 aliphatic rings. The van der Waals surface area contributed by atoms with Gasteiger partial charge >= 0.3 is 0 Å². The number of ether oxygens (including phenoxy) is 1. The third kappa shape index (κ3) is 0.903. The van der Waals surface area contributed by atoms with E-state index >= 15 is 0 Å². The molecule has 0 radical (unpaired) electrons. The van der Waals surface area contributed by atoms with E-state index in [-0.39, 0.29) is 0 Å². The minimum absolute atomic E-state index is 0.413. The zero-order valence-corrected chi connectivity index (χ0v) is 6.45. The van der Waals surface area contributed by atoms with Gasteiger partial charge in [0.1, 0.15) is 5.82 Å². The Balaban J connectivity index is 2.29. The van der Waals surface area contributed by atoms with Gasteiger partial charge in [-0.3, -0.25) is 0 Å². The van der Waals surface area contributed by atoms with E-state index in [0.29, 0.717) is 6.04 Å². The SMILES string of the molecule is Cc1ncn(C2COC2)c1N. The van der Waals surface area contributed by atoms with Crippen LogP contribution in [0.5, 0.6) is 0 Å². The third-order valence-electron chi connectivity index (χ3n) is 2.04. The van der Waals surface area contributed by atoms with Crippen molar-refractivity contribution in [1.82, 2.24) is 9.55 Å². The molecule has 1 saturated heterocycles. The lowest BCUT2D eigenvalue weighted by Crippen LogP contribution is -2.30. The Morgan fingerprint density at radius 2 is 2.45 bits per heavy atom. The smallest absolute Gasteiger partial charge is 0.126 e. The molecule has 2 rings (SSSR count). The molecule has 1 aromatic heterocycles. The second-order valence-electron chi connectivity index (χ2n) is 2.81. The van der Waals surface area contributed by atoms with Gasteiger partial charge in [0.25, 0.3) is 0 Å². The van der Waals surface area contributed by atoms with Crippen LogP contribution in [0.15, 0.2) is 6.33 Å². The Kier molecular flexibility index (Phi) is 1.35. The van der Waals surface area contributed by atoms with Gasteiger partial charge < -0.3 is 15.0 Å². The normalized spacial score (nSPS) is 18.3. The molecule has 11 heavy (non-hydrogen) atoms. The molecule has 0 amide bonds. The summed E-state index contributed by atoms with van der Waals surface area (Å²) in [6, 6.07) is 0.413. The number of nitrogens with zero attached hydrogens (tertiary/aromatic N) is 2. The highest BCUT2D eigenvalue weighted by Gasteiger charge is 2.22. The first-order valence-electron chi connectivity index (χ1n) is 3.65. The molecule has 0 spiro atoms. The van der Waals surface area contributed by atoms with Crippen LogP contribution in [0.2, 0.25) is 0 Å². The maximum atomic E-state index is 5.76. The molecule has 1 aromatic rings. The fourth-order valence-electron chi connectivity index (χ4n) is 1.14. The summed E-state index contributed by atoms with van der Waals surface area (Å²) < 4.78 is 7.02. The number of hydrogen-bond donors (Lipinski definition) is 1. The Labute approximate surface area is 65.0 Å². The van der Waals surface area contributed by atoms with Crippen molar-refractivity contribution in [2.24, 2.45) is 0 Å². The van der Waals surface area contributed by atoms with Crippen LogP contribution in [0.1, 0.15) is 11.7 Å². The molecule has 4 nitrogen and oxygen atoms in total. The van der Waals surface area contributed by atoms with E-state index in [1.54, 1.807) is 6.33 Å². The van der Waals surface area contributed by atoms with E-state index in [1.807, 2.05) is 11.5 Å². The van der Waals surface area contributed by atoms with Crippen LogP contribution in [-0.4, -0.2) is 22.8 Å². The van der Waals surface area contributed by atoms with Gasteiger partial charge in [-0.25, -0.2) is 4.98 Å². The number of rotatable bonds is 1. The standard InChI is InChI=1S/C7H11N3O/c1-5-7(8)10(4-9-5)6-2-11-3-6/h4,6H,2-3,8H2,1H3. The van der Waals surface area contributed by atoms with Crippen molar-refractivity contribution >= 4 is 5.82 Å². The van der Waals surface area contributed by atoms with Crippen molar-refractivity contribution in [2.75, 3.05) is 18.9 Å². The van der Waals surface area contributed by atoms with Crippen LogP contribution in [-0.2, 0) is 4.74 Å². The van der Waals surface area contributed by atoms with Crippen molar-refractivity contribution in [2.45, 2.75) is 13.0 Å². The van der Waals surface area contributed by atoms with Gasteiger partial charge in [-0.1, -0.05) is 0 Å². The molecule has 60 valence electrons. The molecular formula is C7H11N3O. The molecule has 0 unspecified atom stereocenters. The summed E-state index contributed by atoms with van der Waals surface area (Å²) in [6.45, 7) is 3.44. The van der Waals surface area contributed by atoms with E-state index in [4.69, 9.17) is 10.5 Å². The summed E-state index contributed by atoms with van der Waals surface area (Å²) in [4.78, 5) is 4.10. The highest BCUT2D eigenvalue weighted by Crippen LogP contribution is 2.21. The highest BCUT2D eigenvalue weighted by atomic mass is 16.5.